The minimum atomic E-state index is -0.786. The standard InChI is InChI=1S/C29H33Cl2FN6O3/c1-18-25(16-33-29(34-18)38-9-7-36(2)8-10-38)41-28-27(32)21(17-37-5-3-19(4-6-37)11-26(39)40)14-24(35-28)20-12-22(30)15-23(31)13-20/h12-16,19H,3-11,17H2,1-2H3,(H,39,40). The molecule has 3 aromatic rings. The summed E-state index contributed by atoms with van der Waals surface area (Å²) >= 11 is 12.5. The second-order valence-electron chi connectivity index (χ2n) is 10.8. The largest absolute Gasteiger partial charge is 0.481 e. The van der Waals surface area contributed by atoms with E-state index in [9.17, 15) is 4.79 Å². The Morgan fingerprint density at radius 1 is 1.05 bits per heavy atom. The molecule has 41 heavy (non-hydrogen) atoms. The van der Waals surface area contributed by atoms with Gasteiger partial charge in [-0.05, 0) is 70.1 Å². The molecule has 0 radical (unpaired) electrons. The Kier molecular flexibility index (Phi) is 9.23. The normalized spacial score (nSPS) is 17.1. The summed E-state index contributed by atoms with van der Waals surface area (Å²) in [6.45, 7) is 6.98. The van der Waals surface area contributed by atoms with Crippen molar-refractivity contribution >= 4 is 35.1 Å². The van der Waals surface area contributed by atoms with Crippen molar-refractivity contribution in [2.75, 3.05) is 51.2 Å². The number of hydrogen-bond acceptors (Lipinski definition) is 8. The molecule has 0 aliphatic carbocycles. The third kappa shape index (κ3) is 7.43. The SMILES string of the molecule is Cc1nc(N2CCN(C)CC2)ncc1Oc1nc(-c2cc(Cl)cc(Cl)c2)cc(CN2CCC(CC(=O)O)CC2)c1F. The summed E-state index contributed by atoms with van der Waals surface area (Å²) in [4.78, 5) is 31.2. The van der Waals surface area contributed by atoms with Crippen molar-refractivity contribution in [3.63, 3.8) is 0 Å². The highest BCUT2D eigenvalue weighted by Gasteiger charge is 2.25. The molecule has 1 N–H and O–H groups in total. The number of halogens is 3. The average Bonchev–Trinajstić information content (AvgIpc) is 2.92. The van der Waals surface area contributed by atoms with Crippen molar-refractivity contribution < 1.29 is 19.0 Å². The molecule has 0 saturated carbocycles. The summed E-state index contributed by atoms with van der Waals surface area (Å²) in [6.07, 6.45) is 3.21. The fourth-order valence-electron chi connectivity index (χ4n) is 5.23. The van der Waals surface area contributed by atoms with E-state index in [4.69, 9.17) is 33.0 Å². The van der Waals surface area contributed by atoms with Gasteiger partial charge in [-0.2, -0.15) is 0 Å². The number of aliphatic carboxylic acids is 1. The second-order valence-corrected chi connectivity index (χ2v) is 11.6. The quantitative estimate of drug-likeness (QED) is 0.357. The number of anilines is 1. The fourth-order valence-corrected chi connectivity index (χ4v) is 5.76. The number of benzene rings is 1. The summed E-state index contributed by atoms with van der Waals surface area (Å²) < 4.78 is 22.0. The van der Waals surface area contributed by atoms with Crippen LogP contribution in [0.4, 0.5) is 10.3 Å². The van der Waals surface area contributed by atoms with Gasteiger partial charge in [0.2, 0.25) is 5.95 Å². The first-order valence-electron chi connectivity index (χ1n) is 13.7. The van der Waals surface area contributed by atoms with Gasteiger partial charge in [0.15, 0.2) is 11.6 Å². The van der Waals surface area contributed by atoms with Gasteiger partial charge >= 0.3 is 5.97 Å². The number of aromatic nitrogens is 3. The third-order valence-corrected chi connectivity index (χ3v) is 8.08. The van der Waals surface area contributed by atoms with Crippen LogP contribution in [-0.4, -0.2) is 82.1 Å². The molecule has 0 bridgehead atoms. The first-order valence-corrected chi connectivity index (χ1v) is 14.4. The lowest BCUT2D eigenvalue weighted by Crippen LogP contribution is -2.45. The van der Waals surface area contributed by atoms with Gasteiger partial charge in [0.05, 0.1) is 17.6 Å². The van der Waals surface area contributed by atoms with Crippen molar-refractivity contribution in [2.45, 2.75) is 32.7 Å². The predicted octanol–water partition coefficient (Wildman–Crippen LogP) is 5.52. The molecular formula is C29H33Cl2FN6O3. The number of likely N-dealkylation sites (N-methyl/N-ethyl adjacent to an activating group) is 1. The van der Waals surface area contributed by atoms with Crippen molar-refractivity contribution in [3.8, 4) is 22.9 Å². The number of carboxylic acids is 1. The zero-order valence-corrected chi connectivity index (χ0v) is 24.6. The lowest BCUT2D eigenvalue weighted by Gasteiger charge is -2.32. The Hall–Kier alpha value is -3.05. The number of hydrogen-bond donors (Lipinski definition) is 1. The maximum absolute atomic E-state index is 16.0. The number of nitrogens with zero attached hydrogens (tertiary/aromatic N) is 6. The van der Waals surface area contributed by atoms with E-state index in [1.165, 1.54) is 0 Å². The van der Waals surface area contributed by atoms with Crippen molar-refractivity contribution in [3.05, 3.63) is 57.6 Å². The maximum Gasteiger partial charge on any atom is 0.303 e. The lowest BCUT2D eigenvalue weighted by atomic mass is 9.93. The molecule has 2 aromatic heterocycles. The molecule has 0 unspecified atom stereocenters. The van der Waals surface area contributed by atoms with Gasteiger partial charge in [0.25, 0.3) is 5.88 Å². The molecule has 2 aliphatic rings. The number of piperidine rings is 1. The van der Waals surface area contributed by atoms with Crippen molar-refractivity contribution in [2.24, 2.45) is 5.92 Å². The number of piperazine rings is 1. The van der Waals surface area contributed by atoms with E-state index in [0.717, 1.165) is 39.0 Å². The van der Waals surface area contributed by atoms with Gasteiger partial charge in [0, 0.05) is 60.3 Å². The zero-order valence-electron chi connectivity index (χ0n) is 23.1. The topological polar surface area (TPSA) is 94.9 Å². The Bertz CT molecular complexity index is 1390. The van der Waals surface area contributed by atoms with Crippen LogP contribution in [0.25, 0.3) is 11.3 Å². The predicted molar refractivity (Wildman–Crippen MR) is 156 cm³/mol. The van der Waals surface area contributed by atoms with Crippen molar-refractivity contribution in [1.29, 1.82) is 0 Å². The molecule has 2 aliphatic heterocycles. The molecule has 0 amide bonds. The summed E-state index contributed by atoms with van der Waals surface area (Å²) in [6, 6.07) is 6.75. The van der Waals surface area contributed by atoms with Gasteiger partial charge < -0.3 is 19.6 Å². The molecule has 12 heteroatoms. The van der Waals surface area contributed by atoms with Gasteiger partial charge in [-0.25, -0.2) is 19.3 Å². The molecule has 2 saturated heterocycles. The summed E-state index contributed by atoms with van der Waals surface area (Å²) in [7, 11) is 2.09. The number of likely N-dealkylation sites (tertiary alicyclic amines) is 1. The van der Waals surface area contributed by atoms with Crippen molar-refractivity contribution in [1.82, 2.24) is 24.8 Å². The number of carboxylic acid groups (broad SMARTS) is 1. The van der Waals surface area contributed by atoms with Crippen LogP contribution >= 0.6 is 23.2 Å². The molecule has 5 rings (SSSR count). The van der Waals surface area contributed by atoms with Crippen LogP contribution in [0.5, 0.6) is 11.6 Å². The van der Waals surface area contributed by atoms with E-state index in [2.05, 4.69) is 36.7 Å². The van der Waals surface area contributed by atoms with Gasteiger partial charge in [0.1, 0.15) is 0 Å². The summed E-state index contributed by atoms with van der Waals surface area (Å²) in [5.41, 5.74) is 2.08. The minimum absolute atomic E-state index is 0.130. The lowest BCUT2D eigenvalue weighted by molar-refractivity contribution is -0.138. The van der Waals surface area contributed by atoms with E-state index < -0.39 is 11.8 Å². The Labute approximate surface area is 248 Å². The Morgan fingerprint density at radius 2 is 1.73 bits per heavy atom. The first-order chi connectivity index (χ1) is 19.6. The molecule has 9 nitrogen and oxygen atoms in total. The average molecular weight is 604 g/mol. The third-order valence-electron chi connectivity index (χ3n) is 7.64. The van der Waals surface area contributed by atoms with Crippen LogP contribution in [0.1, 0.15) is 30.5 Å². The molecule has 4 heterocycles. The fraction of sp³-hybridized carbons (Fsp3) is 0.448. The number of carbonyl (C=O) groups is 1. The Balaban J connectivity index is 1.42. The van der Waals surface area contributed by atoms with Gasteiger partial charge in [-0.1, -0.05) is 23.2 Å². The molecular weight excluding hydrogens is 570 g/mol. The molecule has 0 spiro atoms. The van der Waals surface area contributed by atoms with Crippen LogP contribution in [0, 0.1) is 18.7 Å². The van der Waals surface area contributed by atoms with E-state index in [0.29, 0.717) is 63.9 Å². The monoisotopic (exact) mass is 602 g/mol. The highest BCUT2D eigenvalue weighted by Crippen LogP contribution is 2.34. The first kappa shape index (κ1) is 29.4. The van der Waals surface area contributed by atoms with Gasteiger partial charge in [-0.3, -0.25) is 9.69 Å². The minimum Gasteiger partial charge on any atom is -0.481 e. The maximum atomic E-state index is 16.0. The second kappa shape index (κ2) is 12.9. The number of rotatable bonds is 8. The van der Waals surface area contributed by atoms with Crippen LogP contribution in [0.2, 0.25) is 10.0 Å². The van der Waals surface area contributed by atoms with E-state index >= 15 is 4.39 Å². The smallest absolute Gasteiger partial charge is 0.303 e. The highest BCUT2D eigenvalue weighted by atomic mass is 35.5. The number of aryl methyl sites for hydroxylation is 1. The van der Waals surface area contributed by atoms with Crippen LogP contribution < -0.4 is 9.64 Å². The van der Waals surface area contributed by atoms with Crippen LogP contribution in [-0.2, 0) is 11.3 Å². The molecule has 218 valence electrons. The molecule has 1 aromatic carbocycles. The summed E-state index contributed by atoms with van der Waals surface area (Å²) in [5.74, 6) is -0.482. The van der Waals surface area contributed by atoms with Gasteiger partial charge in [-0.15, -0.1) is 0 Å². The number of pyridine rings is 1. The number of ether oxygens (including phenoxy) is 1. The molecule has 2 fully saturated rings. The van der Waals surface area contributed by atoms with E-state index in [-0.39, 0.29) is 18.2 Å². The highest BCUT2D eigenvalue weighted by molar-refractivity contribution is 6.35. The van der Waals surface area contributed by atoms with E-state index in [1.54, 1.807) is 37.4 Å². The molecule has 0 atom stereocenters. The van der Waals surface area contributed by atoms with Crippen LogP contribution in [0.15, 0.2) is 30.5 Å². The zero-order chi connectivity index (χ0) is 29.1. The Morgan fingerprint density at radius 3 is 2.37 bits per heavy atom. The van der Waals surface area contributed by atoms with E-state index in [1.807, 2.05) is 0 Å². The summed E-state index contributed by atoms with van der Waals surface area (Å²) in [5, 5.41) is 10.0. The van der Waals surface area contributed by atoms with Crippen LogP contribution in [0.3, 0.4) is 0 Å².